The van der Waals surface area contributed by atoms with Gasteiger partial charge in [-0.1, -0.05) is 0 Å². The summed E-state index contributed by atoms with van der Waals surface area (Å²) < 4.78 is 10.4. The minimum absolute atomic E-state index is 0.0565. The highest BCUT2D eigenvalue weighted by Crippen LogP contribution is 2.29. The van der Waals surface area contributed by atoms with Gasteiger partial charge in [0.2, 0.25) is 0 Å². The van der Waals surface area contributed by atoms with E-state index in [1.165, 1.54) is 14.2 Å². The van der Waals surface area contributed by atoms with E-state index < -0.39 is 11.5 Å². The first-order chi connectivity index (χ1) is 9.56. The first-order valence-electron chi connectivity index (χ1n) is 5.92. The summed E-state index contributed by atoms with van der Waals surface area (Å²) in [6.45, 7) is 0. The van der Waals surface area contributed by atoms with Gasteiger partial charge in [-0.05, 0) is 12.1 Å². The number of carboxylic acid groups (broad SMARTS) is 1. The number of fused-ring (bicyclic) bond motifs is 1. The summed E-state index contributed by atoms with van der Waals surface area (Å²) in [6.07, 6.45) is -0.102. The van der Waals surface area contributed by atoms with Crippen LogP contribution in [-0.4, -0.2) is 35.3 Å². The summed E-state index contributed by atoms with van der Waals surface area (Å²) in [5.74, 6) is -0.0345. The minimum Gasteiger partial charge on any atom is -0.494 e. The molecule has 1 heterocycles. The Morgan fingerprint density at radius 1 is 1.30 bits per heavy atom. The quantitative estimate of drug-likeness (QED) is 0.844. The number of H-pyrrole nitrogens is 1. The number of carbonyl (C=O) groups is 1. The highest BCUT2D eigenvalue weighted by atomic mass is 16.5. The minimum atomic E-state index is -0.982. The number of nitrogens with one attached hydrogen (secondary N) is 1. The van der Waals surface area contributed by atoms with Gasteiger partial charge in [-0.3, -0.25) is 9.59 Å². The van der Waals surface area contributed by atoms with E-state index in [0.29, 0.717) is 22.5 Å². The van der Waals surface area contributed by atoms with Crippen molar-refractivity contribution in [1.82, 2.24) is 9.97 Å². The third-order valence-electron chi connectivity index (χ3n) is 2.87. The topological polar surface area (TPSA) is 102 Å². The molecule has 0 atom stereocenters. The van der Waals surface area contributed by atoms with Crippen molar-refractivity contribution >= 4 is 17.0 Å². The SMILES string of the molecule is COc1ccc(OC)c2[nH]c(=O)c(CCC(=O)O)nc12. The Kier molecular flexibility index (Phi) is 3.88. The number of methoxy groups -OCH3 is 2. The van der Waals surface area contributed by atoms with Crippen LogP contribution in [0.4, 0.5) is 0 Å². The smallest absolute Gasteiger partial charge is 0.303 e. The lowest BCUT2D eigenvalue weighted by molar-refractivity contribution is -0.136. The number of hydrogen-bond donors (Lipinski definition) is 2. The Balaban J connectivity index is 2.61. The second-order valence-electron chi connectivity index (χ2n) is 4.10. The molecule has 2 aromatic rings. The Labute approximate surface area is 114 Å². The highest BCUT2D eigenvalue weighted by molar-refractivity contribution is 5.86. The van der Waals surface area contributed by atoms with Gasteiger partial charge in [0.25, 0.3) is 5.56 Å². The lowest BCUT2D eigenvalue weighted by atomic mass is 10.2. The number of carboxylic acids is 1. The second kappa shape index (κ2) is 5.60. The maximum atomic E-state index is 11.9. The molecule has 0 aliphatic carbocycles. The summed E-state index contributed by atoms with van der Waals surface area (Å²) in [7, 11) is 2.98. The van der Waals surface area contributed by atoms with Gasteiger partial charge < -0.3 is 19.6 Å². The van der Waals surface area contributed by atoms with Crippen molar-refractivity contribution < 1.29 is 19.4 Å². The number of aliphatic carboxylic acids is 1. The zero-order valence-corrected chi connectivity index (χ0v) is 11.1. The maximum absolute atomic E-state index is 11.9. The van der Waals surface area contributed by atoms with Crippen LogP contribution in [0.25, 0.3) is 11.0 Å². The summed E-state index contributed by atoms with van der Waals surface area (Å²) in [4.78, 5) is 29.4. The molecule has 2 N–H and O–H groups in total. The molecule has 106 valence electrons. The predicted molar refractivity (Wildman–Crippen MR) is 71.4 cm³/mol. The van der Waals surface area contributed by atoms with Gasteiger partial charge in [0.1, 0.15) is 28.2 Å². The summed E-state index contributed by atoms with van der Waals surface area (Å²) in [6, 6.07) is 3.34. The van der Waals surface area contributed by atoms with E-state index in [0.717, 1.165) is 0 Å². The molecule has 1 aromatic heterocycles. The molecule has 7 heteroatoms. The van der Waals surface area contributed by atoms with Crippen molar-refractivity contribution in [3.63, 3.8) is 0 Å². The first kappa shape index (κ1) is 13.9. The van der Waals surface area contributed by atoms with Gasteiger partial charge in [-0.25, -0.2) is 4.98 Å². The van der Waals surface area contributed by atoms with Crippen molar-refractivity contribution in [2.75, 3.05) is 14.2 Å². The molecular formula is C13H14N2O5. The first-order valence-corrected chi connectivity index (χ1v) is 5.92. The zero-order chi connectivity index (χ0) is 14.7. The molecule has 0 fully saturated rings. The van der Waals surface area contributed by atoms with Crippen LogP contribution < -0.4 is 15.0 Å². The van der Waals surface area contributed by atoms with Gasteiger partial charge in [0, 0.05) is 6.42 Å². The van der Waals surface area contributed by atoms with E-state index in [1.807, 2.05) is 0 Å². The molecule has 0 saturated carbocycles. The van der Waals surface area contributed by atoms with Crippen LogP contribution in [-0.2, 0) is 11.2 Å². The van der Waals surface area contributed by atoms with Crippen LogP contribution in [0.3, 0.4) is 0 Å². The lowest BCUT2D eigenvalue weighted by Gasteiger charge is -2.09. The molecule has 0 aliphatic rings. The van der Waals surface area contributed by atoms with Crippen LogP contribution in [0.15, 0.2) is 16.9 Å². The molecule has 1 aromatic carbocycles. The maximum Gasteiger partial charge on any atom is 0.303 e. The number of nitrogens with zero attached hydrogens (tertiary/aromatic N) is 1. The van der Waals surface area contributed by atoms with Crippen molar-refractivity contribution in [1.29, 1.82) is 0 Å². The Bertz CT molecular complexity index is 708. The number of aromatic amines is 1. The zero-order valence-electron chi connectivity index (χ0n) is 11.1. The van der Waals surface area contributed by atoms with E-state index in [4.69, 9.17) is 14.6 Å². The number of hydrogen-bond acceptors (Lipinski definition) is 5. The second-order valence-corrected chi connectivity index (χ2v) is 4.10. The standard InChI is InChI=1S/C13H14N2O5/c1-19-8-4-5-9(20-2)12-11(8)14-7(13(18)15-12)3-6-10(16)17/h4-5H,3,6H2,1-2H3,(H,15,18)(H,16,17). The van der Waals surface area contributed by atoms with E-state index in [2.05, 4.69) is 9.97 Å². The molecule has 0 bridgehead atoms. The fraction of sp³-hybridized carbons (Fsp3) is 0.308. The lowest BCUT2D eigenvalue weighted by Crippen LogP contribution is -2.17. The van der Waals surface area contributed by atoms with Crippen molar-refractivity contribution in [3.8, 4) is 11.5 Å². The number of aryl methyl sites for hydroxylation is 1. The Morgan fingerprint density at radius 2 is 1.95 bits per heavy atom. The van der Waals surface area contributed by atoms with E-state index in [1.54, 1.807) is 12.1 Å². The fourth-order valence-corrected chi connectivity index (χ4v) is 1.89. The molecule has 0 saturated heterocycles. The molecule has 0 unspecified atom stereocenters. The Hall–Kier alpha value is -2.57. The number of benzene rings is 1. The molecule has 2 rings (SSSR count). The fourth-order valence-electron chi connectivity index (χ4n) is 1.89. The predicted octanol–water partition coefficient (Wildman–Crippen LogP) is 0.958. The monoisotopic (exact) mass is 278 g/mol. The molecule has 7 nitrogen and oxygen atoms in total. The van der Waals surface area contributed by atoms with Gasteiger partial charge in [0.15, 0.2) is 0 Å². The van der Waals surface area contributed by atoms with E-state index in [-0.39, 0.29) is 18.5 Å². The van der Waals surface area contributed by atoms with Crippen LogP contribution in [0.1, 0.15) is 12.1 Å². The van der Waals surface area contributed by atoms with Crippen LogP contribution in [0.5, 0.6) is 11.5 Å². The number of ether oxygens (including phenoxy) is 2. The van der Waals surface area contributed by atoms with Crippen LogP contribution in [0, 0.1) is 0 Å². The number of rotatable bonds is 5. The molecule has 0 amide bonds. The van der Waals surface area contributed by atoms with Crippen LogP contribution in [0.2, 0.25) is 0 Å². The van der Waals surface area contributed by atoms with Gasteiger partial charge in [-0.15, -0.1) is 0 Å². The molecular weight excluding hydrogens is 264 g/mol. The average molecular weight is 278 g/mol. The largest absolute Gasteiger partial charge is 0.494 e. The summed E-state index contributed by atoms with van der Waals surface area (Å²) in [5, 5.41) is 8.68. The normalized spacial score (nSPS) is 10.5. The third-order valence-corrected chi connectivity index (χ3v) is 2.87. The van der Waals surface area contributed by atoms with Gasteiger partial charge in [-0.2, -0.15) is 0 Å². The molecule has 0 radical (unpaired) electrons. The van der Waals surface area contributed by atoms with Gasteiger partial charge >= 0.3 is 5.97 Å². The van der Waals surface area contributed by atoms with E-state index >= 15 is 0 Å². The Morgan fingerprint density at radius 3 is 2.55 bits per heavy atom. The summed E-state index contributed by atoms with van der Waals surface area (Å²) in [5.41, 5.74) is 0.597. The van der Waals surface area contributed by atoms with Crippen LogP contribution >= 0.6 is 0 Å². The van der Waals surface area contributed by atoms with Crippen molar-refractivity contribution in [2.45, 2.75) is 12.8 Å². The molecule has 0 aliphatic heterocycles. The van der Waals surface area contributed by atoms with Crippen molar-refractivity contribution in [3.05, 3.63) is 28.2 Å². The third kappa shape index (κ3) is 2.56. The summed E-state index contributed by atoms with van der Waals surface area (Å²) >= 11 is 0. The average Bonchev–Trinajstić information content (AvgIpc) is 2.43. The molecule has 0 spiro atoms. The highest BCUT2D eigenvalue weighted by Gasteiger charge is 2.13. The molecule has 20 heavy (non-hydrogen) atoms. The van der Waals surface area contributed by atoms with Crippen molar-refractivity contribution in [2.24, 2.45) is 0 Å². The van der Waals surface area contributed by atoms with Gasteiger partial charge in [0.05, 0.1) is 20.6 Å². The number of aromatic nitrogens is 2. The van der Waals surface area contributed by atoms with E-state index in [9.17, 15) is 9.59 Å².